The highest BCUT2D eigenvalue weighted by atomic mass is 35.5. The van der Waals surface area contributed by atoms with Gasteiger partial charge in [0, 0.05) is 19.2 Å². The Labute approximate surface area is 98.2 Å². The van der Waals surface area contributed by atoms with Gasteiger partial charge in [0.15, 0.2) is 0 Å². The van der Waals surface area contributed by atoms with Crippen molar-refractivity contribution in [3.63, 3.8) is 0 Å². The number of nitro groups is 1. The van der Waals surface area contributed by atoms with Gasteiger partial charge in [-0.3, -0.25) is 10.1 Å². The molecule has 5 nitrogen and oxygen atoms in total. The summed E-state index contributed by atoms with van der Waals surface area (Å²) in [6, 6.07) is 3.20. The van der Waals surface area contributed by atoms with Crippen LogP contribution in [0.25, 0.3) is 0 Å². The van der Waals surface area contributed by atoms with Crippen molar-refractivity contribution >= 4 is 23.1 Å². The number of anilines is 1. The second-order valence-corrected chi connectivity index (χ2v) is 4.32. The van der Waals surface area contributed by atoms with E-state index in [0.717, 1.165) is 12.8 Å². The molecule has 1 saturated carbocycles. The molecular weight excluding hydrogens is 230 g/mol. The van der Waals surface area contributed by atoms with Gasteiger partial charge in [0.25, 0.3) is 0 Å². The first kappa shape index (κ1) is 11.1. The first-order valence-corrected chi connectivity index (χ1v) is 5.51. The van der Waals surface area contributed by atoms with E-state index in [4.69, 9.17) is 11.6 Å². The fourth-order valence-electron chi connectivity index (χ4n) is 1.77. The zero-order chi connectivity index (χ0) is 11.7. The second kappa shape index (κ2) is 4.25. The molecule has 16 heavy (non-hydrogen) atoms. The minimum absolute atomic E-state index is 0.0128. The van der Waals surface area contributed by atoms with Gasteiger partial charge in [-0.15, -0.1) is 0 Å². The van der Waals surface area contributed by atoms with E-state index in [1.165, 1.54) is 18.6 Å². The molecule has 86 valence electrons. The molecule has 0 spiro atoms. The van der Waals surface area contributed by atoms with Gasteiger partial charge >= 0.3 is 5.69 Å². The van der Waals surface area contributed by atoms with Gasteiger partial charge in [-0.05, 0) is 25.3 Å². The molecule has 2 rings (SSSR count). The fourth-order valence-corrected chi connectivity index (χ4v) is 1.91. The summed E-state index contributed by atoms with van der Waals surface area (Å²) in [6.45, 7) is 0. The van der Waals surface area contributed by atoms with E-state index in [9.17, 15) is 10.1 Å². The predicted molar refractivity (Wildman–Crippen MR) is 61.9 cm³/mol. The summed E-state index contributed by atoms with van der Waals surface area (Å²) < 4.78 is 0. The van der Waals surface area contributed by atoms with Crippen molar-refractivity contribution in [2.75, 3.05) is 11.9 Å². The van der Waals surface area contributed by atoms with Crippen LogP contribution in [0.15, 0.2) is 12.1 Å². The van der Waals surface area contributed by atoms with Gasteiger partial charge in [0.05, 0.1) is 4.92 Å². The molecule has 0 aliphatic heterocycles. The van der Waals surface area contributed by atoms with E-state index >= 15 is 0 Å². The summed E-state index contributed by atoms with van der Waals surface area (Å²) in [4.78, 5) is 16.3. The maximum absolute atomic E-state index is 10.9. The van der Waals surface area contributed by atoms with E-state index in [2.05, 4.69) is 4.98 Å². The Kier molecular flexibility index (Phi) is 2.96. The zero-order valence-electron chi connectivity index (χ0n) is 8.89. The van der Waals surface area contributed by atoms with Crippen molar-refractivity contribution in [3.8, 4) is 0 Å². The molecule has 0 unspecified atom stereocenters. The van der Waals surface area contributed by atoms with E-state index in [1.54, 1.807) is 0 Å². The van der Waals surface area contributed by atoms with Gasteiger partial charge < -0.3 is 4.90 Å². The maximum Gasteiger partial charge on any atom is 0.311 e. The zero-order valence-corrected chi connectivity index (χ0v) is 9.65. The van der Waals surface area contributed by atoms with Crippen LogP contribution in [0.5, 0.6) is 0 Å². The molecule has 1 aliphatic carbocycles. The van der Waals surface area contributed by atoms with Crippen LogP contribution in [0.4, 0.5) is 11.5 Å². The van der Waals surface area contributed by atoms with Crippen molar-refractivity contribution in [2.24, 2.45) is 0 Å². The summed E-state index contributed by atoms with van der Waals surface area (Å²) in [6.07, 6.45) is 3.28. The molecule has 0 amide bonds. The number of hydrogen-bond donors (Lipinski definition) is 0. The van der Waals surface area contributed by atoms with E-state index in [-0.39, 0.29) is 10.8 Å². The summed E-state index contributed by atoms with van der Waals surface area (Å²) in [5, 5.41) is 11.1. The number of rotatable bonds is 3. The first-order chi connectivity index (χ1) is 7.59. The van der Waals surface area contributed by atoms with Gasteiger partial charge in [-0.25, -0.2) is 4.98 Å². The molecule has 1 aromatic rings. The summed E-state index contributed by atoms with van der Waals surface area (Å²) >= 11 is 5.77. The molecule has 6 heteroatoms. The van der Waals surface area contributed by atoms with Crippen LogP contribution in [-0.2, 0) is 0 Å². The van der Waals surface area contributed by atoms with Crippen molar-refractivity contribution in [3.05, 3.63) is 27.4 Å². The van der Waals surface area contributed by atoms with E-state index in [0.29, 0.717) is 11.9 Å². The van der Waals surface area contributed by atoms with Gasteiger partial charge in [-0.1, -0.05) is 11.6 Å². The summed E-state index contributed by atoms with van der Waals surface area (Å²) in [5.74, 6) is 0.363. The van der Waals surface area contributed by atoms with Crippen LogP contribution >= 0.6 is 11.6 Å². The molecule has 0 aromatic carbocycles. The Morgan fingerprint density at radius 3 is 2.75 bits per heavy atom. The average molecular weight is 242 g/mol. The monoisotopic (exact) mass is 241 g/mol. The van der Waals surface area contributed by atoms with Gasteiger partial charge in [0.2, 0.25) is 5.82 Å². The molecule has 0 saturated heterocycles. The normalized spacial score (nSPS) is 15.6. The molecule has 0 N–H and O–H groups in total. The number of hydrogen-bond acceptors (Lipinski definition) is 4. The third kappa shape index (κ3) is 1.95. The molecule has 0 bridgehead atoms. The molecule has 1 aromatic heterocycles. The molecule has 1 heterocycles. The van der Waals surface area contributed by atoms with Crippen LogP contribution in [-0.4, -0.2) is 23.0 Å². The highest BCUT2D eigenvalue weighted by molar-refractivity contribution is 6.29. The SMILES string of the molecule is CN(c1nc(Cl)ccc1[N+](=O)[O-])C1CCC1. The number of pyridine rings is 1. The molecule has 1 fully saturated rings. The highest BCUT2D eigenvalue weighted by Crippen LogP contribution is 2.33. The van der Waals surface area contributed by atoms with Crippen molar-refractivity contribution < 1.29 is 4.92 Å². The van der Waals surface area contributed by atoms with E-state index < -0.39 is 4.92 Å². The first-order valence-electron chi connectivity index (χ1n) is 5.13. The molecule has 0 radical (unpaired) electrons. The molecule has 0 atom stereocenters. The lowest BCUT2D eigenvalue weighted by Gasteiger charge is -2.35. The number of nitrogens with zero attached hydrogens (tertiary/aromatic N) is 3. The molecule has 1 aliphatic rings. The Bertz CT molecular complexity index is 421. The Balaban J connectivity index is 2.36. The standard InChI is InChI=1S/C10H12ClN3O2/c1-13(7-3-2-4-7)10-8(14(15)16)5-6-9(11)12-10/h5-7H,2-4H2,1H3. The smallest absolute Gasteiger partial charge is 0.311 e. The lowest BCUT2D eigenvalue weighted by atomic mass is 9.92. The lowest BCUT2D eigenvalue weighted by molar-refractivity contribution is -0.384. The maximum atomic E-state index is 10.9. The van der Waals surface area contributed by atoms with Crippen LogP contribution in [0, 0.1) is 10.1 Å². The largest absolute Gasteiger partial charge is 0.351 e. The highest BCUT2D eigenvalue weighted by Gasteiger charge is 2.28. The van der Waals surface area contributed by atoms with Crippen molar-refractivity contribution in [1.82, 2.24) is 4.98 Å². The Morgan fingerprint density at radius 1 is 1.56 bits per heavy atom. The fraction of sp³-hybridized carbons (Fsp3) is 0.500. The van der Waals surface area contributed by atoms with Crippen molar-refractivity contribution in [2.45, 2.75) is 25.3 Å². The van der Waals surface area contributed by atoms with Crippen LogP contribution in [0.1, 0.15) is 19.3 Å². The predicted octanol–water partition coefficient (Wildman–Crippen LogP) is 2.63. The number of halogens is 1. The van der Waals surface area contributed by atoms with Gasteiger partial charge in [0.1, 0.15) is 5.15 Å². The summed E-state index contributed by atoms with van der Waals surface area (Å²) in [5.41, 5.74) is 0.0128. The lowest BCUT2D eigenvalue weighted by Crippen LogP contribution is -2.38. The quantitative estimate of drug-likeness (QED) is 0.464. The third-order valence-electron chi connectivity index (χ3n) is 2.97. The topological polar surface area (TPSA) is 59.3 Å². The van der Waals surface area contributed by atoms with E-state index in [1.807, 2.05) is 11.9 Å². The second-order valence-electron chi connectivity index (χ2n) is 3.93. The average Bonchev–Trinajstić information content (AvgIpc) is 2.14. The van der Waals surface area contributed by atoms with Crippen LogP contribution in [0.2, 0.25) is 5.15 Å². The third-order valence-corrected chi connectivity index (χ3v) is 3.18. The van der Waals surface area contributed by atoms with Crippen molar-refractivity contribution in [1.29, 1.82) is 0 Å². The minimum Gasteiger partial charge on any atom is -0.351 e. The minimum atomic E-state index is -0.423. The summed E-state index contributed by atoms with van der Waals surface area (Å²) in [7, 11) is 1.83. The van der Waals surface area contributed by atoms with Crippen LogP contribution in [0.3, 0.4) is 0 Å². The number of aromatic nitrogens is 1. The molecular formula is C10H12ClN3O2. The Hall–Kier alpha value is -1.36. The van der Waals surface area contributed by atoms with Crippen LogP contribution < -0.4 is 4.90 Å². The van der Waals surface area contributed by atoms with Gasteiger partial charge in [-0.2, -0.15) is 0 Å². The Morgan fingerprint density at radius 2 is 2.25 bits per heavy atom.